The summed E-state index contributed by atoms with van der Waals surface area (Å²) in [4.78, 5) is 0. The Morgan fingerprint density at radius 1 is 1.23 bits per heavy atom. The smallest absolute Gasteiger partial charge is 0.166 e. The summed E-state index contributed by atoms with van der Waals surface area (Å²) in [5, 5.41) is 0.505. The molecule has 0 fully saturated rings. The molecule has 1 rings (SSSR count). The number of hydrogen-bond acceptors (Lipinski definition) is 0. The van der Waals surface area contributed by atoms with E-state index in [2.05, 4.69) is 15.9 Å². The van der Waals surface area contributed by atoms with Crippen molar-refractivity contribution >= 4 is 22.0 Å². The Labute approximate surface area is 82.2 Å². The highest BCUT2D eigenvalue weighted by Crippen LogP contribution is 2.15. The van der Waals surface area contributed by atoms with Crippen molar-refractivity contribution in [1.29, 1.82) is 0 Å². The van der Waals surface area contributed by atoms with Crippen LogP contribution in [0.1, 0.15) is 5.56 Å². The number of benzene rings is 1. The van der Waals surface area contributed by atoms with Crippen LogP contribution >= 0.6 is 15.9 Å². The Morgan fingerprint density at radius 2 is 1.92 bits per heavy atom. The van der Waals surface area contributed by atoms with Crippen molar-refractivity contribution in [3.05, 3.63) is 41.2 Å². The molecule has 4 heteroatoms. The maximum Gasteiger partial charge on any atom is 0.166 e. The molecule has 0 unspecified atom stereocenters. The van der Waals surface area contributed by atoms with Crippen LogP contribution in [0.25, 0.3) is 6.08 Å². The minimum atomic E-state index is -1.17. The summed E-state index contributed by atoms with van der Waals surface area (Å²) >= 11 is 3.07. The van der Waals surface area contributed by atoms with Gasteiger partial charge in [-0.3, -0.25) is 0 Å². The zero-order chi connectivity index (χ0) is 9.84. The summed E-state index contributed by atoms with van der Waals surface area (Å²) in [6.45, 7) is 0. The van der Waals surface area contributed by atoms with Gasteiger partial charge >= 0.3 is 0 Å². The van der Waals surface area contributed by atoms with Crippen LogP contribution in [0.3, 0.4) is 0 Å². The number of alkyl halides is 1. The molecule has 0 aromatic heterocycles. The van der Waals surface area contributed by atoms with Gasteiger partial charge in [0.15, 0.2) is 11.6 Å². The molecule has 0 atom stereocenters. The van der Waals surface area contributed by atoms with Crippen LogP contribution in [0.2, 0.25) is 0 Å². The van der Waals surface area contributed by atoms with E-state index in [-0.39, 0.29) is 5.56 Å². The predicted octanol–water partition coefficient (Wildman–Crippen LogP) is 3.51. The fraction of sp³-hybridized carbons (Fsp3) is 0.111. The minimum Gasteiger partial charge on any atom is -0.207 e. The quantitative estimate of drug-likeness (QED) is 0.557. The highest BCUT2D eigenvalue weighted by atomic mass is 79.9. The van der Waals surface area contributed by atoms with E-state index in [0.29, 0.717) is 11.4 Å². The van der Waals surface area contributed by atoms with Crippen molar-refractivity contribution in [2.45, 2.75) is 0 Å². The molecule has 13 heavy (non-hydrogen) atoms. The first-order valence-corrected chi connectivity index (χ1v) is 4.64. The summed E-state index contributed by atoms with van der Waals surface area (Å²) in [6, 6.07) is 1.46. The van der Waals surface area contributed by atoms with Gasteiger partial charge in [0.25, 0.3) is 0 Å². The lowest BCUT2D eigenvalue weighted by Crippen LogP contribution is -1.90. The molecule has 1 aromatic rings. The second-order valence-electron chi connectivity index (χ2n) is 2.35. The lowest BCUT2D eigenvalue weighted by atomic mass is 10.2. The predicted molar refractivity (Wildman–Crippen MR) is 49.1 cm³/mol. The summed E-state index contributed by atoms with van der Waals surface area (Å²) in [6.07, 6.45) is 2.87. The third-order valence-corrected chi connectivity index (χ3v) is 1.78. The SMILES string of the molecule is Fc1cc(F)c(F)c(C=CCBr)c1. The lowest BCUT2D eigenvalue weighted by molar-refractivity contribution is 0.493. The van der Waals surface area contributed by atoms with Crippen molar-refractivity contribution in [3.8, 4) is 0 Å². The zero-order valence-corrected chi connectivity index (χ0v) is 8.11. The summed E-state index contributed by atoms with van der Waals surface area (Å²) in [7, 11) is 0. The van der Waals surface area contributed by atoms with E-state index < -0.39 is 17.5 Å². The van der Waals surface area contributed by atoms with Crippen LogP contribution in [0, 0.1) is 17.5 Å². The second-order valence-corrected chi connectivity index (χ2v) is 2.99. The van der Waals surface area contributed by atoms with Gasteiger partial charge in [-0.1, -0.05) is 28.1 Å². The molecule has 1 aromatic carbocycles. The van der Waals surface area contributed by atoms with E-state index in [9.17, 15) is 13.2 Å². The first-order chi connectivity index (χ1) is 6.15. The Hall–Kier alpha value is -0.770. The van der Waals surface area contributed by atoms with Crippen LogP contribution < -0.4 is 0 Å². The first kappa shape index (κ1) is 10.3. The van der Waals surface area contributed by atoms with Crippen molar-refractivity contribution in [2.75, 3.05) is 5.33 Å². The van der Waals surface area contributed by atoms with Gasteiger partial charge in [0.1, 0.15) is 5.82 Å². The minimum absolute atomic E-state index is 0.0862. The summed E-state index contributed by atoms with van der Waals surface area (Å²) in [5.74, 6) is -2.99. The van der Waals surface area contributed by atoms with E-state index in [1.165, 1.54) is 6.08 Å². The van der Waals surface area contributed by atoms with Gasteiger partial charge in [0.2, 0.25) is 0 Å². The van der Waals surface area contributed by atoms with Gasteiger partial charge in [-0.2, -0.15) is 0 Å². The average molecular weight is 251 g/mol. The van der Waals surface area contributed by atoms with E-state index in [1.54, 1.807) is 6.08 Å². The van der Waals surface area contributed by atoms with Crippen molar-refractivity contribution in [3.63, 3.8) is 0 Å². The van der Waals surface area contributed by atoms with Crippen LogP contribution in [0.15, 0.2) is 18.2 Å². The third kappa shape index (κ3) is 2.59. The molecular weight excluding hydrogens is 245 g/mol. The average Bonchev–Trinajstić information content (AvgIpc) is 2.09. The molecule has 0 heterocycles. The number of hydrogen-bond donors (Lipinski definition) is 0. The Bertz CT molecular complexity index is 334. The Balaban J connectivity index is 3.12. The molecule has 0 aliphatic rings. The molecule has 0 aliphatic heterocycles. The molecule has 0 radical (unpaired) electrons. The van der Waals surface area contributed by atoms with Crippen LogP contribution in [0.4, 0.5) is 13.2 Å². The molecule has 0 aliphatic carbocycles. The topological polar surface area (TPSA) is 0 Å². The molecule has 70 valence electrons. The fourth-order valence-electron chi connectivity index (χ4n) is 0.869. The normalized spacial score (nSPS) is 11.1. The molecule has 0 bridgehead atoms. The van der Waals surface area contributed by atoms with Gasteiger partial charge in [-0.25, -0.2) is 13.2 Å². The third-order valence-electron chi connectivity index (χ3n) is 1.41. The fourth-order valence-corrected chi connectivity index (χ4v) is 1.06. The van der Waals surface area contributed by atoms with Crippen LogP contribution in [0.5, 0.6) is 0 Å². The molecule has 0 spiro atoms. The van der Waals surface area contributed by atoms with Gasteiger partial charge in [-0.05, 0) is 6.07 Å². The Morgan fingerprint density at radius 3 is 2.54 bits per heavy atom. The monoisotopic (exact) mass is 250 g/mol. The van der Waals surface area contributed by atoms with Gasteiger partial charge < -0.3 is 0 Å². The molecule has 0 saturated heterocycles. The van der Waals surface area contributed by atoms with E-state index in [4.69, 9.17) is 0 Å². The van der Waals surface area contributed by atoms with E-state index in [0.717, 1.165) is 6.07 Å². The number of allylic oxidation sites excluding steroid dienone is 1. The number of rotatable bonds is 2. The second kappa shape index (κ2) is 4.46. The maximum absolute atomic E-state index is 12.9. The van der Waals surface area contributed by atoms with Crippen molar-refractivity contribution in [1.82, 2.24) is 0 Å². The maximum atomic E-state index is 12.9. The summed E-state index contributed by atoms with van der Waals surface area (Å²) in [5.41, 5.74) is -0.0862. The van der Waals surface area contributed by atoms with Crippen LogP contribution in [-0.4, -0.2) is 5.33 Å². The molecular formula is C9H6BrF3. The standard InChI is InChI=1S/C9H6BrF3/c10-3-1-2-6-4-7(11)5-8(12)9(6)13/h1-2,4-5H,3H2. The lowest BCUT2D eigenvalue weighted by Gasteiger charge is -1.98. The van der Waals surface area contributed by atoms with Gasteiger partial charge in [0.05, 0.1) is 0 Å². The van der Waals surface area contributed by atoms with E-state index in [1.807, 2.05) is 0 Å². The molecule has 0 amide bonds. The van der Waals surface area contributed by atoms with Crippen molar-refractivity contribution in [2.24, 2.45) is 0 Å². The van der Waals surface area contributed by atoms with Gasteiger partial charge in [-0.15, -0.1) is 0 Å². The highest BCUT2D eigenvalue weighted by molar-refractivity contribution is 9.09. The summed E-state index contributed by atoms with van der Waals surface area (Å²) < 4.78 is 38.1. The van der Waals surface area contributed by atoms with Crippen LogP contribution in [-0.2, 0) is 0 Å². The molecule has 0 saturated carbocycles. The first-order valence-electron chi connectivity index (χ1n) is 3.52. The molecule has 0 nitrogen and oxygen atoms in total. The van der Waals surface area contributed by atoms with Gasteiger partial charge in [0, 0.05) is 17.0 Å². The molecule has 0 N–H and O–H groups in total. The van der Waals surface area contributed by atoms with Crippen molar-refractivity contribution < 1.29 is 13.2 Å². The number of halogens is 4. The van der Waals surface area contributed by atoms with E-state index >= 15 is 0 Å². The Kier molecular flexibility index (Phi) is 3.54. The zero-order valence-electron chi connectivity index (χ0n) is 6.53. The largest absolute Gasteiger partial charge is 0.207 e. The highest BCUT2D eigenvalue weighted by Gasteiger charge is 2.07.